The molecule has 0 aliphatic carbocycles. The van der Waals surface area contributed by atoms with Gasteiger partial charge < -0.3 is 10.2 Å². The summed E-state index contributed by atoms with van der Waals surface area (Å²) in [5.41, 5.74) is 1.46. The maximum absolute atomic E-state index is 13.3. The van der Waals surface area contributed by atoms with Crippen molar-refractivity contribution in [1.29, 1.82) is 0 Å². The molecular weight excluding hydrogens is 333 g/mol. The third-order valence-electron chi connectivity index (χ3n) is 4.09. The molecule has 0 spiro atoms. The third kappa shape index (κ3) is 3.14. The number of nitrogens with zero attached hydrogens (tertiary/aromatic N) is 4. The van der Waals surface area contributed by atoms with Gasteiger partial charge in [-0.25, -0.2) is 9.07 Å². The Morgan fingerprint density at radius 2 is 2.00 bits per heavy atom. The molecule has 1 N–H and O–H groups in total. The highest BCUT2D eigenvalue weighted by molar-refractivity contribution is 6.30. The van der Waals surface area contributed by atoms with Crippen LogP contribution in [-0.2, 0) is 0 Å². The molecule has 3 rings (SSSR count). The minimum atomic E-state index is -0.502. The summed E-state index contributed by atoms with van der Waals surface area (Å²) in [6.07, 6.45) is 0. The molecule has 128 valence electrons. The molecule has 1 aliphatic heterocycles. The summed E-state index contributed by atoms with van der Waals surface area (Å²) in [7, 11) is 0. The van der Waals surface area contributed by atoms with Crippen molar-refractivity contribution in [2.75, 3.05) is 13.1 Å². The van der Waals surface area contributed by atoms with Gasteiger partial charge in [-0.15, -0.1) is 5.10 Å². The Kier molecular flexibility index (Phi) is 4.56. The number of aromatic nitrogens is 3. The van der Waals surface area contributed by atoms with Gasteiger partial charge in [0.1, 0.15) is 5.82 Å². The van der Waals surface area contributed by atoms with Crippen molar-refractivity contribution in [3.63, 3.8) is 0 Å². The molecule has 2 aromatic rings. The zero-order valence-electron chi connectivity index (χ0n) is 13.8. The Morgan fingerprint density at radius 1 is 1.33 bits per heavy atom. The van der Waals surface area contributed by atoms with E-state index >= 15 is 0 Å². The Bertz CT molecular complexity index is 768. The molecule has 0 saturated carbocycles. The van der Waals surface area contributed by atoms with Crippen LogP contribution in [0.5, 0.6) is 0 Å². The predicted octanol–water partition coefficient (Wildman–Crippen LogP) is 2.19. The summed E-state index contributed by atoms with van der Waals surface area (Å²) < 4.78 is 14.8. The second-order valence-corrected chi connectivity index (χ2v) is 6.62. The molecule has 1 fully saturated rings. The first-order chi connectivity index (χ1) is 11.4. The highest BCUT2D eigenvalue weighted by Crippen LogP contribution is 2.21. The van der Waals surface area contributed by atoms with E-state index in [1.54, 1.807) is 17.9 Å². The number of rotatable bonds is 2. The molecule has 1 amide bonds. The van der Waals surface area contributed by atoms with Crippen LogP contribution in [0.4, 0.5) is 4.39 Å². The lowest BCUT2D eigenvalue weighted by molar-refractivity contribution is 0.0667. The van der Waals surface area contributed by atoms with E-state index in [9.17, 15) is 9.18 Å². The summed E-state index contributed by atoms with van der Waals surface area (Å²) in [4.78, 5) is 14.6. The predicted molar refractivity (Wildman–Crippen MR) is 89.0 cm³/mol. The first kappa shape index (κ1) is 16.9. The van der Waals surface area contributed by atoms with Gasteiger partial charge >= 0.3 is 0 Å². The fourth-order valence-corrected chi connectivity index (χ4v) is 3.21. The number of carbonyl (C=O) groups excluding carboxylic acids is 1. The molecule has 2 atom stereocenters. The lowest BCUT2D eigenvalue weighted by Gasteiger charge is -2.35. The van der Waals surface area contributed by atoms with E-state index in [1.807, 2.05) is 13.8 Å². The van der Waals surface area contributed by atoms with Gasteiger partial charge in [-0.1, -0.05) is 16.8 Å². The molecule has 0 radical (unpaired) electrons. The molecule has 1 aliphatic rings. The first-order valence-electron chi connectivity index (χ1n) is 7.80. The summed E-state index contributed by atoms with van der Waals surface area (Å²) >= 11 is 5.82. The van der Waals surface area contributed by atoms with Gasteiger partial charge in [0.25, 0.3) is 5.91 Å². The molecule has 0 bridgehead atoms. The van der Waals surface area contributed by atoms with E-state index in [0.29, 0.717) is 30.2 Å². The van der Waals surface area contributed by atoms with Crippen LogP contribution in [0.15, 0.2) is 18.2 Å². The number of hydrogen-bond donors (Lipinski definition) is 1. The van der Waals surface area contributed by atoms with Gasteiger partial charge in [0, 0.05) is 25.2 Å². The second kappa shape index (κ2) is 6.49. The molecular formula is C16H19ClFN5O. The molecule has 1 aromatic carbocycles. The number of nitrogens with one attached hydrogen (secondary N) is 1. The van der Waals surface area contributed by atoms with E-state index in [-0.39, 0.29) is 23.0 Å². The van der Waals surface area contributed by atoms with Crippen LogP contribution in [0, 0.1) is 12.7 Å². The summed E-state index contributed by atoms with van der Waals surface area (Å²) in [5.74, 6) is -0.648. The first-order valence-corrected chi connectivity index (χ1v) is 8.17. The van der Waals surface area contributed by atoms with Crippen molar-refractivity contribution in [3.8, 4) is 5.69 Å². The van der Waals surface area contributed by atoms with Gasteiger partial charge in [-0.05, 0) is 39.0 Å². The number of amides is 1. The lowest BCUT2D eigenvalue weighted by Crippen LogP contribution is -2.56. The van der Waals surface area contributed by atoms with Crippen molar-refractivity contribution in [2.45, 2.75) is 32.9 Å². The largest absolute Gasteiger partial charge is 0.334 e. The van der Waals surface area contributed by atoms with Crippen molar-refractivity contribution in [3.05, 3.63) is 40.4 Å². The third-order valence-corrected chi connectivity index (χ3v) is 4.38. The SMILES string of the molecule is Cc1c(C(=O)N2C[C@H](C)N[C@@H](C)C2)nnn1-c1ccc(F)c(Cl)c1. The Morgan fingerprint density at radius 3 is 2.62 bits per heavy atom. The summed E-state index contributed by atoms with van der Waals surface area (Å²) in [6, 6.07) is 4.72. The summed E-state index contributed by atoms with van der Waals surface area (Å²) in [5, 5.41) is 11.5. The average Bonchev–Trinajstić information content (AvgIpc) is 2.90. The van der Waals surface area contributed by atoms with Crippen molar-refractivity contribution >= 4 is 17.5 Å². The van der Waals surface area contributed by atoms with Crippen LogP contribution in [0.25, 0.3) is 5.69 Å². The van der Waals surface area contributed by atoms with Crippen LogP contribution in [0.1, 0.15) is 30.0 Å². The summed E-state index contributed by atoms with van der Waals surface area (Å²) in [6.45, 7) is 7.09. The standard InChI is InChI=1S/C16H19ClFN5O/c1-9-7-22(8-10(2)19-9)16(24)15-11(3)23(21-20-15)12-4-5-14(18)13(17)6-12/h4-6,9-10,19H,7-8H2,1-3H3/t9-,10-/m0/s1. The van der Waals surface area contributed by atoms with E-state index in [1.165, 1.54) is 16.8 Å². The highest BCUT2D eigenvalue weighted by Gasteiger charge is 2.29. The number of piperazine rings is 1. The normalized spacial score (nSPS) is 21.1. The zero-order chi connectivity index (χ0) is 17.4. The Balaban J connectivity index is 1.89. The van der Waals surface area contributed by atoms with Gasteiger partial charge in [-0.2, -0.15) is 0 Å². The smallest absolute Gasteiger partial charge is 0.276 e. The monoisotopic (exact) mass is 351 g/mol. The fourth-order valence-electron chi connectivity index (χ4n) is 3.03. The molecule has 8 heteroatoms. The van der Waals surface area contributed by atoms with Crippen molar-refractivity contribution in [1.82, 2.24) is 25.2 Å². The van der Waals surface area contributed by atoms with Crippen molar-refractivity contribution in [2.24, 2.45) is 0 Å². The number of benzene rings is 1. The fraction of sp³-hybridized carbons (Fsp3) is 0.438. The van der Waals surface area contributed by atoms with Crippen molar-refractivity contribution < 1.29 is 9.18 Å². The number of halogens is 2. The van der Waals surface area contributed by atoms with Crippen LogP contribution in [0.2, 0.25) is 5.02 Å². The number of carbonyl (C=O) groups is 1. The molecule has 24 heavy (non-hydrogen) atoms. The Labute approximate surface area is 144 Å². The van der Waals surface area contributed by atoms with E-state index in [0.717, 1.165) is 0 Å². The van der Waals surface area contributed by atoms with Gasteiger partial charge in [-0.3, -0.25) is 4.79 Å². The van der Waals surface area contributed by atoms with Crippen LogP contribution >= 0.6 is 11.6 Å². The van der Waals surface area contributed by atoms with Crippen LogP contribution in [-0.4, -0.2) is 51.0 Å². The molecule has 1 saturated heterocycles. The van der Waals surface area contributed by atoms with E-state index in [4.69, 9.17) is 11.6 Å². The molecule has 6 nitrogen and oxygen atoms in total. The minimum absolute atomic E-state index is 0.0000287. The molecule has 0 unspecified atom stereocenters. The maximum Gasteiger partial charge on any atom is 0.276 e. The zero-order valence-corrected chi connectivity index (χ0v) is 14.5. The maximum atomic E-state index is 13.3. The van der Waals surface area contributed by atoms with E-state index < -0.39 is 5.82 Å². The van der Waals surface area contributed by atoms with E-state index in [2.05, 4.69) is 15.6 Å². The number of hydrogen-bond acceptors (Lipinski definition) is 4. The van der Waals surface area contributed by atoms with Crippen LogP contribution < -0.4 is 5.32 Å². The Hall–Kier alpha value is -1.99. The van der Waals surface area contributed by atoms with Crippen LogP contribution in [0.3, 0.4) is 0 Å². The van der Waals surface area contributed by atoms with Gasteiger partial charge in [0.15, 0.2) is 5.69 Å². The molecule has 2 heterocycles. The molecule has 1 aromatic heterocycles. The minimum Gasteiger partial charge on any atom is -0.334 e. The quantitative estimate of drug-likeness (QED) is 0.901. The highest BCUT2D eigenvalue weighted by atomic mass is 35.5. The second-order valence-electron chi connectivity index (χ2n) is 6.21. The average molecular weight is 352 g/mol. The van der Waals surface area contributed by atoms with Gasteiger partial charge in [0.2, 0.25) is 0 Å². The van der Waals surface area contributed by atoms with Gasteiger partial charge in [0.05, 0.1) is 16.4 Å². The topological polar surface area (TPSA) is 63.1 Å². The lowest BCUT2D eigenvalue weighted by atomic mass is 10.1.